The normalized spacial score (nSPS) is 19.2. The van der Waals surface area contributed by atoms with Gasteiger partial charge in [0.05, 0.1) is 5.56 Å². The highest BCUT2D eigenvalue weighted by molar-refractivity contribution is 5.36. The minimum Gasteiger partial charge on any atom is -0.324 e. The average Bonchev–Trinajstić information content (AvgIpc) is 2.97. The second-order valence-electron chi connectivity index (χ2n) is 5.36. The SMILES string of the molecule is CC(C)(c1cccc(C(F)(F)F)c1)C1(N)CC1. The number of rotatable bonds is 2. The van der Waals surface area contributed by atoms with Crippen LogP contribution in [0.15, 0.2) is 24.3 Å². The molecule has 1 aliphatic carbocycles. The minimum absolute atomic E-state index is 0.350. The molecule has 0 saturated heterocycles. The summed E-state index contributed by atoms with van der Waals surface area (Å²) in [6, 6.07) is 5.48. The molecule has 0 aliphatic heterocycles. The summed E-state index contributed by atoms with van der Waals surface area (Å²) in [5.74, 6) is 0. The molecule has 1 aromatic rings. The summed E-state index contributed by atoms with van der Waals surface area (Å²) in [7, 11) is 0. The summed E-state index contributed by atoms with van der Waals surface area (Å²) in [4.78, 5) is 0. The van der Waals surface area contributed by atoms with Crippen molar-refractivity contribution in [3.05, 3.63) is 35.4 Å². The quantitative estimate of drug-likeness (QED) is 0.845. The molecule has 0 spiro atoms. The second kappa shape index (κ2) is 3.48. The molecule has 2 N–H and O–H groups in total. The van der Waals surface area contributed by atoms with Crippen LogP contribution >= 0.6 is 0 Å². The first-order chi connectivity index (χ1) is 7.67. The van der Waals surface area contributed by atoms with Crippen LogP contribution in [0.3, 0.4) is 0 Å². The van der Waals surface area contributed by atoms with Crippen molar-refractivity contribution >= 4 is 0 Å². The third-order valence-corrected chi connectivity index (χ3v) is 3.94. The molecule has 94 valence electrons. The van der Waals surface area contributed by atoms with Crippen LogP contribution in [0.2, 0.25) is 0 Å². The maximum atomic E-state index is 12.6. The Bertz CT molecular complexity index is 431. The van der Waals surface area contributed by atoms with Crippen molar-refractivity contribution in [2.24, 2.45) is 5.73 Å². The van der Waals surface area contributed by atoms with Gasteiger partial charge in [0.1, 0.15) is 0 Å². The lowest BCUT2D eigenvalue weighted by Gasteiger charge is -2.33. The van der Waals surface area contributed by atoms with Gasteiger partial charge in [-0.25, -0.2) is 0 Å². The Labute approximate surface area is 98.8 Å². The third-order valence-electron chi connectivity index (χ3n) is 3.94. The van der Waals surface area contributed by atoms with Crippen LogP contribution in [0.5, 0.6) is 0 Å². The summed E-state index contributed by atoms with van der Waals surface area (Å²) in [6.07, 6.45) is -2.55. The van der Waals surface area contributed by atoms with Crippen LogP contribution in [0.1, 0.15) is 37.8 Å². The van der Waals surface area contributed by atoms with Crippen LogP contribution in [0.4, 0.5) is 13.2 Å². The van der Waals surface area contributed by atoms with Crippen LogP contribution in [-0.2, 0) is 11.6 Å². The van der Waals surface area contributed by atoms with Crippen molar-refractivity contribution in [1.82, 2.24) is 0 Å². The van der Waals surface area contributed by atoms with E-state index in [9.17, 15) is 13.2 Å². The van der Waals surface area contributed by atoms with Gasteiger partial charge in [0, 0.05) is 11.0 Å². The van der Waals surface area contributed by atoms with E-state index >= 15 is 0 Å². The highest BCUT2D eigenvalue weighted by Crippen LogP contribution is 2.49. The zero-order valence-electron chi connectivity index (χ0n) is 9.93. The average molecular weight is 243 g/mol. The fourth-order valence-electron chi connectivity index (χ4n) is 2.13. The van der Waals surface area contributed by atoms with Crippen LogP contribution < -0.4 is 5.73 Å². The summed E-state index contributed by atoms with van der Waals surface area (Å²) in [5.41, 5.74) is 5.42. The molecular formula is C13H16F3N. The largest absolute Gasteiger partial charge is 0.416 e. The van der Waals surface area contributed by atoms with Crippen molar-refractivity contribution in [2.75, 3.05) is 0 Å². The predicted octanol–water partition coefficient (Wildman–Crippen LogP) is 3.47. The smallest absolute Gasteiger partial charge is 0.324 e. The topological polar surface area (TPSA) is 26.0 Å². The van der Waals surface area contributed by atoms with Gasteiger partial charge in [0.15, 0.2) is 0 Å². The second-order valence-corrected chi connectivity index (χ2v) is 5.36. The number of hydrogen-bond acceptors (Lipinski definition) is 1. The Morgan fingerprint density at radius 2 is 1.65 bits per heavy atom. The van der Waals surface area contributed by atoms with Gasteiger partial charge >= 0.3 is 6.18 Å². The first-order valence-corrected chi connectivity index (χ1v) is 5.63. The lowest BCUT2D eigenvalue weighted by Crippen LogP contribution is -2.43. The van der Waals surface area contributed by atoms with Gasteiger partial charge in [-0.3, -0.25) is 0 Å². The van der Waals surface area contributed by atoms with E-state index in [1.807, 2.05) is 13.8 Å². The molecule has 4 heteroatoms. The highest BCUT2D eigenvalue weighted by Gasteiger charge is 2.52. The van der Waals surface area contributed by atoms with E-state index < -0.39 is 17.2 Å². The van der Waals surface area contributed by atoms with E-state index in [1.54, 1.807) is 6.07 Å². The molecule has 0 aromatic heterocycles. The molecule has 0 atom stereocenters. The highest BCUT2D eigenvalue weighted by atomic mass is 19.4. The Morgan fingerprint density at radius 3 is 2.12 bits per heavy atom. The van der Waals surface area contributed by atoms with Gasteiger partial charge in [-0.2, -0.15) is 13.2 Å². The van der Waals surface area contributed by atoms with Gasteiger partial charge in [0.25, 0.3) is 0 Å². The van der Waals surface area contributed by atoms with Crippen LogP contribution in [-0.4, -0.2) is 5.54 Å². The summed E-state index contributed by atoms with van der Waals surface area (Å²) in [5, 5.41) is 0. The first-order valence-electron chi connectivity index (χ1n) is 5.63. The molecule has 17 heavy (non-hydrogen) atoms. The minimum atomic E-state index is -4.29. The summed E-state index contributed by atoms with van der Waals surface area (Å²) >= 11 is 0. The molecule has 2 rings (SSSR count). The van der Waals surface area contributed by atoms with Crippen LogP contribution in [0, 0.1) is 0 Å². The molecule has 0 unspecified atom stereocenters. The number of nitrogens with two attached hydrogens (primary N) is 1. The van der Waals surface area contributed by atoms with E-state index in [4.69, 9.17) is 5.73 Å². The fraction of sp³-hybridized carbons (Fsp3) is 0.538. The molecule has 1 saturated carbocycles. The van der Waals surface area contributed by atoms with E-state index in [-0.39, 0.29) is 5.54 Å². The van der Waals surface area contributed by atoms with E-state index in [0.717, 1.165) is 18.9 Å². The third kappa shape index (κ3) is 2.06. The Hall–Kier alpha value is -1.03. The Morgan fingerprint density at radius 1 is 1.12 bits per heavy atom. The van der Waals surface area contributed by atoms with Gasteiger partial charge in [-0.05, 0) is 24.5 Å². The van der Waals surface area contributed by atoms with Crippen molar-refractivity contribution in [2.45, 2.75) is 43.8 Å². The summed E-state index contributed by atoms with van der Waals surface area (Å²) < 4.78 is 37.9. The molecule has 0 heterocycles. The molecular weight excluding hydrogens is 227 g/mol. The number of halogens is 3. The van der Waals surface area contributed by atoms with Crippen molar-refractivity contribution in [3.63, 3.8) is 0 Å². The molecule has 0 bridgehead atoms. The van der Waals surface area contributed by atoms with Crippen molar-refractivity contribution in [1.29, 1.82) is 0 Å². The van der Waals surface area contributed by atoms with Crippen LogP contribution in [0.25, 0.3) is 0 Å². The zero-order chi connectivity index (χ0) is 12.9. The lowest BCUT2D eigenvalue weighted by atomic mass is 9.75. The lowest BCUT2D eigenvalue weighted by molar-refractivity contribution is -0.137. The van der Waals surface area contributed by atoms with E-state index in [1.165, 1.54) is 12.1 Å². The number of hydrogen-bond donors (Lipinski definition) is 1. The predicted molar refractivity (Wildman–Crippen MR) is 60.6 cm³/mol. The summed E-state index contributed by atoms with van der Waals surface area (Å²) in [6.45, 7) is 3.82. The van der Waals surface area contributed by atoms with Crippen molar-refractivity contribution in [3.8, 4) is 0 Å². The molecule has 0 amide bonds. The van der Waals surface area contributed by atoms with E-state index in [2.05, 4.69) is 0 Å². The Kier molecular flexibility index (Phi) is 2.54. The zero-order valence-corrected chi connectivity index (χ0v) is 9.93. The van der Waals surface area contributed by atoms with E-state index in [0.29, 0.717) is 5.56 Å². The van der Waals surface area contributed by atoms with Gasteiger partial charge in [-0.15, -0.1) is 0 Å². The molecule has 1 aliphatic rings. The van der Waals surface area contributed by atoms with Gasteiger partial charge < -0.3 is 5.73 Å². The monoisotopic (exact) mass is 243 g/mol. The molecule has 1 fully saturated rings. The standard InChI is InChI=1S/C13H16F3N/c1-11(2,12(17)6-7-12)9-4-3-5-10(8-9)13(14,15)16/h3-5,8H,6-7,17H2,1-2H3. The van der Waals surface area contributed by atoms with Gasteiger partial charge in [-0.1, -0.05) is 32.0 Å². The first kappa shape index (κ1) is 12.4. The van der Waals surface area contributed by atoms with Crippen molar-refractivity contribution < 1.29 is 13.2 Å². The fourth-order valence-corrected chi connectivity index (χ4v) is 2.13. The Balaban J connectivity index is 2.40. The molecule has 0 radical (unpaired) electrons. The maximum absolute atomic E-state index is 12.6. The molecule has 1 nitrogen and oxygen atoms in total. The molecule has 1 aromatic carbocycles. The number of benzene rings is 1. The van der Waals surface area contributed by atoms with Gasteiger partial charge in [0.2, 0.25) is 0 Å². The number of alkyl halides is 3. The maximum Gasteiger partial charge on any atom is 0.416 e.